The number of hydrogen-bond acceptors (Lipinski definition) is 5. The Bertz CT molecular complexity index is 1220. The maximum Gasteiger partial charge on any atom is 0.234 e. The van der Waals surface area contributed by atoms with Crippen molar-refractivity contribution in [3.05, 3.63) is 84.4 Å². The molecule has 0 spiro atoms. The molecular formula is C27H29N5OS. The number of hydrogen-bond donors (Lipinski definition) is 1. The first-order chi connectivity index (χ1) is 16.6. The van der Waals surface area contributed by atoms with E-state index < -0.39 is 0 Å². The second-order valence-electron chi connectivity index (χ2n) is 7.90. The van der Waals surface area contributed by atoms with Gasteiger partial charge in [0.25, 0.3) is 0 Å². The molecule has 3 aromatic carbocycles. The lowest BCUT2D eigenvalue weighted by Crippen LogP contribution is -2.21. The van der Waals surface area contributed by atoms with Gasteiger partial charge in [0.15, 0.2) is 11.0 Å². The number of nitrogens with zero attached hydrogens (tertiary/aromatic N) is 4. The van der Waals surface area contributed by atoms with Crippen molar-refractivity contribution >= 4 is 29.0 Å². The normalized spacial score (nSPS) is 10.8. The molecule has 0 saturated heterocycles. The summed E-state index contributed by atoms with van der Waals surface area (Å²) in [5, 5.41) is 12.5. The third kappa shape index (κ3) is 5.48. The summed E-state index contributed by atoms with van der Waals surface area (Å²) in [5.41, 5.74) is 5.05. The molecule has 6 nitrogen and oxygen atoms in total. The zero-order valence-electron chi connectivity index (χ0n) is 19.7. The van der Waals surface area contributed by atoms with E-state index in [4.69, 9.17) is 0 Å². The average molecular weight is 472 g/mol. The zero-order valence-corrected chi connectivity index (χ0v) is 20.5. The summed E-state index contributed by atoms with van der Waals surface area (Å²) in [6, 6.07) is 26.1. The van der Waals surface area contributed by atoms with Crippen LogP contribution in [0.5, 0.6) is 0 Å². The molecule has 0 radical (unpaired) electrons. The van der Waals surface area contributed by atoms with Crippen LogP contribution in [0.2, 0.25) is 0 Å². The van der Waals surface area contributed by atoms with Crippen molar-refractivity contribution in [1.82, 2.24) is 14.8 Å². The first-order valence-electron chi connectivity index (χ1n) is 11.4. The molecule has 7 heteroatoms. The van der Waals surface area contributed by atoms with Gasteiger partial charge >= 0.3 is 0 Å². The van der Waals surface area contributed by atoms with Crippen molar-refractivity contribution in [3.8, 4) is 17.1 Å². The van der Waals surface area contributed by atoms with Crippen molar-refractivity contribution in [3.63, 3.8) is 0 Å². The fourth-order valence-corrected chi connectivity index (χ4v) is 4.49. The number of carbonyl (C=O) groups excluding carboxylic acids is 1. The maximum absolute atomic E-state index is 12.7. The minimum Gasteiger partial charge on any atom is -0.372 e. The fraction of sp³-hybridized carbons (Fsp3) is 0.222. The lowest BCUT2D eigenvalue weighted by molar-refractivity contribution is -0.113. The molecule has 0 unspecified atom stereocenters. The van der Waals surface area contributed by atoms with Crippen LogP contribution >= 0.6 is 11.8 Å². The van der Waals surface area contributed by atoms with Gasteiger partial charge < -0.3 is 10.2 Å². The van der Waals surface area contributed by atoms with E-state index in [9.17, 15) is 4.79 Å². The van der Waals surface area contributed by atoms with E-state index in [1.54, 1.807) is 0 Å². The van der Waals surface area contributed by atoms with E-state index in [0.717, 1.165) is 41.5 Å². The van der Waals surface area contributed by atoms with Gasteiger partial charge in [-0.3, -0.25) is 9.36 Å². The number of aryl methyl sites for hydroxylation is 1. The lowest BCUT2D eigenvalue weighted by atomic mass is 10.1. The number of aromatic nitrogens is 3. The predicted octanol–water partition coefficient (Wildman–Crippen LogP) is 5.82. The standard InChI is InChI=1S/C27H29N5OS/c1-4-31(5-2)23-17-15-22(16-18-23)28-25(33)19-34-27-30-29-26(21-13-11-20(3)12-14-21)32(27)24-9-7-6-8-10-24/h6-18H,4-5,19H2,1-3H3,(H,28,33). The summed E-state index contributed by atoms with van der Waals surface area (Å²) >= 11 is 1.37. The number of anilines is 2. The molecule has 1 heterocycles. The topological polar surface area (TPSA) is 63.1 Å². The smallest absolute Gasteiger partial charge is 0.234 e. The highest BCUT2D eigenvalue weighted by atomic mass is 32.2. The van der Waals surface area contributed by atoms with Gasteiger partial charge in [-0.15, -0.1) is 10.2 Å². The third-order valence-electron chi connectivity index (χ3n) is 5.57. The average Bonchev–Trinajstić information content (AvgIpc) is 3.29. The van der Waals surface area contributed by atoms with Gasteiger partial charge in [-0.1, -0.05) is 59.8 Å². The van der Waals surface area contributed by atoms with Gasteiger partial charge in [0.05, 0.1) is 5.75 Å². The van der Waals surface area contributed by atoms with Crippen LogP contribution in [-0.2, 0) is 4.79 Å². The zero-order chi connectivity index (χ0) is 23.9. The van der Waals surface area contributed by atoms with E-state index >= 15 is 0 Å². The van der Waals surface area contributed by atoms with Gasteiger partial charge in [-0.25, -0.2) is 0 Å². The van der Waals surface area contributed by atoms with Gasteiger partial charge in [0.1, 0.15) is 0 Å². The predicted molar refractivity (Wildman–Crippen MR) is 141 cm³/mol. The summed E-state index contributed by atoms with van der Waals surface area (Å²) in [7, 11) is 0. The van der Waals surface area contributed by atoms with Crippen molar-refractivity contribution in [2.24, 2.45) is 0 Å². The van der Waals surface area contributed by atoms with Crippen LogP contribution in [0.25, 0.3) is 17.1 Å². The van der Waals surface area contributed by atoms with E-state index in [-0.39, 0.29) is 11.7 Å². The summed E-state index contributed by atoms with van der Waals surface area (Å²) in [6.07, 6.45) is 0. The molecule has 4 aromatic rings. The summed E-state index contributed by atoms with van der Waals surface area (Å²) in [5.74, 6) is 0.901. The summed E-state index contributed by atoms with van der Waals surface area (Å²) < 4.78 is 2.00. The number of benzene rings is 3. The van der Waals surface area contributed by atoms with Gasteiger partial charge in [-0.2, -0.15) is 0 Å². The van der Waals surface area contributed by atoms with Crippen LogP contribution in [0.15, 0.2) is 84.0 Å². The van der Waals surface area contributed by atoms with E-state index in [0.29, 0.717) is 5.16 Å². The molecule has 0 aliphatic heterocycles. The Morgan fingerprint density at radius 3 is 2.24 bits per heavy atom. The Morgan fingerprint density at radius 1 is 0.912 bits per heavy atom. The molecule has 0 bridgehead atoms. The first-order valence-corrected chi connectivity index (χ1v) is 12.4. The highest BCUT2D eigenvalue weighted by molar-refractivity contribution is 7.99. The van der Waals surface area contributed by atoms with E-state index in [1.165, 1.54) is 17.3 Å². The van der Waals surface area contributed by atoms with Crippen LogP contribution < -0.4 is 10.2 Å². The van der Waals surface area contributed by atoms with Crippen LogP contribution in [0.4, 0.5) is 11.4 Å². The van der Waals surface area contributed by atoms with Crippen LogP contribution in [0, 0.1) is 6.92 Å². The second kappa shape index (κ2) is 11.0. The van der Waals surface area contributed by atoms with Crippen LogP contribution in [0.1, 0.15) is 19.4 Å². The molecule has 0 fully saturated rings. The minimum absolute atomic E-state index is 0.0833. The molecule has 1 amide bonds. The minimum atomic E-state index is -0.0833. The monoisotopic (exact) mass is 471 g/mol. The maximum atomic E-state index is 12.7. The molecule has 1 N–H and O–H groups in total. The van der Waals surface area contributed by atoms with E-state index in [1.807, 2.05) is 71.3 Å². The van der Waals surface area contributed by atoms with E-state index in [2.05, 4.69) is 53.3 Å². The molecule has 174 valence electrons. The largest absolute Gasteiger partial charge is 0.372 e. The summed E-state index contributed by atoms with van der Waals surface area (Å²) in [6.45, 7) is 8.23. The summed E-state index contributed by atoms with van der Waals surface area (Å²) in [4.78, 5) is 14.9. The number of amides is 1. The molecule has 0 aliphatic rings. The van der Waals surface area contributed by atoms with Crippen molar-refractivity contribution in [1.29, 1.82) is 0 Å². The molecule has 0 saturated carbocycles. The molecular weight excluding hydrogens is 442 g/mol. The SMILES string of the molecule is CCN(CC)c1ccc(NC(=O)CSc2nnc(-c3ccc(C)cc3)n2-c2ccccc2)cc1. The highest BCUT2D eigenvalue weighted by Gasteiger charge is 2.17. The first kappa shape index (κ1) is 23.6. The van der Waals surface area contributed by atoms with Gasteiger partial charge in [-0.05, 0) is 57.2 Å². The molecule has 0 atom stereocenters. The third-order valence-corrected chi connectivity index (χ3v) is 6.50. The lowest BCUT2D eigenvalue weighted by Gasteiger charge is -2.21. The van der Waals surface area contributed by atoms with Crippen molar-refractivity contribution < 1.29 is 4.79 Å². The van der Waals surface area contributed by atoms with Gasteiger partial charge in [0, 0.05) is 35.7 Å². The number of thioether (sulfide) groups is 1. The molecule has 1 aromatic heterocycles. The number of rotatable bonds is 9. The Kier molecular flexibility index (Phi) is 7.65. The number of carbonyl (C=O) groups is 1. The Morgan fingerprint density at radius 2 is 1.59 bits per heavy atom. The Hall–Kier alpha value is -3.58. The van der Waals surface area contributed by atoms with Crippen molar-refractivity contribution in [2.75, 3.05) is 29.1 Å². The second-order valence-corrected chi connectivity index (χ2v) is 8.84. The fourth-order valence-electron chi connectivity index (χ4n) is 3.73. The van der Waals surface area contributed by atoms with Crippen molar-refractivity contribution in [2.45, 2.75) is 25.9 Å². The van der Waals surface area contributed by atoms with Gasteiger partial charge in [0.2, 0.25) is 5.91 Å². The molecule has 4 rings (SSSR count). The Labute approximate surface area is 205 Å². The highest BCUT2D eigenvalue weighted by Crippen LogP contribution is 2.28. The number of nitrogens with one attached hydrogen (secondary N) is 1. The molecule has 34 heavy (non-hydrogen) atoms. The van der Waals surface area contributed by atoms with Crippen LogP contribution in [-0.4, -0.2) is 39.5 Å². The number of para-hydroxylation sites is 1. The molecule has 0 aliphatic carbocycles. The Balaban J connectivity index is 1.49. The van der Waals surface area contributed by atoms with Crippen LogP contribution in [0.3, 0.4) is 0 Å². The quantitative estimate of drug-likeness (QED) is 0.312.